The Morgan fingerprint density at radius 2 is 1.46 bits per heavy atom. The molecule has 204 valence electrons. The van der Waals surface area contributed by atoms with Crippen molar-refractivity contribution >= 4 is 48.2 Å². The van der Waals surface area contributed by atoms with E-state index in [4.69, 9.17) is 22.3 Å². The molecule has 4 atom stereocenters. The summed E-state index contributed by atoms with van der Waals surface area (Å²) in [5.41, 5.74) is 17.4. The summed E-state index contributed by atoms with van der Waals surface area (Å²) in [6.45, 7) is 0.138. The number of amides is 3. The highest BCUT2D eigenvalue weighted by molar-refractivity contribution is 7.80. The maximum atomic E-state index is 13.0. The molecular formula is C22H33N7O7S. The van der Waals surface area contributed by atoms with Gasteiger partial charge >= 0.3 is 11.9 Å². The molecule has 0 aliphatic carbocycles. The highest BCUT2D eigenvalue weighted by atomic mass is 32.1. The lowest BCUT2D eigenvalue weighted by molar-refractivity contribution is -0.143. The van der Waals surface area contributed by atoms with E-state index in [-0.39, 0.29) is 37.5 Å². The summed E-state index contributed by atoms with van der Waals surface area (Å²) >= 11 is 3.84. The zero-order chi connectivity index (χ0) is 28.0. The molecule has 0 aliphatic rings. The summed E-state index contributed by atoms with van der Waals surface area (Å²) in [5, 5.41) is 25.2. The Morgan fingerprint density at radius 1 is 0.892 bits per heavy atom. The summed E-state index contributed by atoms with van der Waals surface area (Å²) in [5.74, 6) is -5.79. The quantitative estimate of drug-likeness (QED) is 0.0464. The molecule has 0 aromatic heterocycles. The molecule has 14 nitrogen and oxygen atoms in total. The Labute approximate surface area is 218 Å². The summed E-state index contributed by atoms with van der Waals surface area (Å²) in [6.07, 6.45) is -0.360. The van der Waals surface area contributed by atoms with E-state index < -0.39 is 60.2 Å². The van der Waals surface area contributed by atoms with Crippen LogP contribution in [0.5, 0.6) is 0 Å². The number of rotatable bonds is 16. The molecule has 1 aromatic rings. The highest BCUT2D eigenvalue weighted by Crippen LogP contribution is 2.06. The summed E-state index contributed by atoms with van der Waals surface area (Å²) < 4.78 is 0. The first kappa shape index (κ1) is 31.2. The van der Waals surface area contributed by atoms with E-state index in [0.717, 1.165) is 5.56 Å². The second-order valence-corrected chi connectivity index (χ2v) is 8.41. The molecule has 0 saturated heterocycles. The van der Waals surface area contributed by atoms with Gasteiger partial charge in [0.25, 0.3) is 0 Å². The summed E-state index contributed by atoms with van der Waals surface area (Å²) in [4.78, 5) is 64.6. The average molecular weight is 540 g/mol. The standard InChI is InChI=1S/C22H33N7O7S/c23-13(9-12-5-2-1-3-6-12)18(32)27-14(7-4-8-26-22(24)25)19(33)28-15(10-17(30)31)20(34)29-16(11-37)21(35)36/h1-3,5-6,13-16,37H,4,7-11,23H2,(H,27,32)(H,28,33)(H,29,34)(H,30,31)(H,35,36)(H4,24,25,26). The van der Waals surface area contributed by atoms with Crippen LogP contribution in [0, 0.1) is 0 Å². The van der Waals surface area contributed by atoms with Crippen LogP contribution >= 0.6 is 12.6 Å². The van der Waals surface area contributed by atoms with Crippen LogP contribution in [0.1, 0.15) is 24.8 Å². The van der Waals surface area contributed by atoms with Crippen molar-refractivity contribution in [2.75, 3.05) is 12.3 Å². The van der Waals surface area contributed by atoms with Gasteiger partial charge in [0.05, 0.1) is 12.5 Å². The fourth-order valence-corrected chi connectivity index (χ4v) is 3.37. The Hall–Kier alpha value is -3.85. The van der Waals surface area contributed by atoms with E-state index in [0.29, 0.717) is 0 Å². The number of carboxylic acid groups (broad SMARTS) is 2. The minimum atomic E-state index is -1.62. The third kappa shape index (κ3) is 12.1. The van der Waals surface area contributed by atoms with E-state index in [1.807, 2.05) is 6.07 Å². The second kappa shape index (κ2) is 16.0. The second-order valence-electron chi connectivity index (χ2n) is 8.05. The van der Waals surface area contributed by atoms with Crippen molar-refractivity contribution in [2.24, 2.45) is 22.2 Å². The number of guanidine groups is 1. The van der Waals surface area contributed by atoms with Crippen LogP contribution in [-0.4, -0.2) is 82.3 Å². The van der Waals surface area contributed by atoms with Crippen molar-refractivity contribution in [3.8, 4) is 0 Å². The van der Waals surface area contributed by atoms with E-state index in [2.05, 4.69) is 33.6 Å². The zero-order valence-corrected chi connectivity index (χ0v) is 20.9. The van der Waals surface area contributed by atoms with Crippen LogP contribution in [0.4, 0.5) is 0 Å². The Kier molecular flexibility index (Phi) is 13.5. The first-order chi connectivity index (χ1) is 17.4. The van der Waals surface area contributed by atoms with Gasteiger partial charge in [0.1, 0.15) is 18.1 Å². The molecule has 0 fully saturated rings. The molecule has 15 heteroatoms. The SMILES string of the molecule is NC(N)=NCCCC(NC(=O)C(N)Cc1ccccc1)C(=O)NC(CC(=O)O)C(=O)NC(CS)C(=O)O. The molecular weight excluding hydrogens is 506 g/mol. The Morgan fingerprint density at radius 3 is 2.00 bits per heavy atom. The molecule has 1 rings (SSSR count). The van der Waals surface area contributed by atoms with Gasteiger partial charge < -0.3 is 43.4 Å². The number of benzene rings is 1. The minimum absolute atomic E-state index is 0.0300. The normalized spacial score (nSPS) is 13.8. The van der Waals surface area contributed by atoms with Crippen molar-refractivity contribution in [1.29, 1.82) is 0 Å². The number of nitrogens with zero attached hydrogens (tertiary/aromatic N) is 1. The van der Waals surface area contributed by atoms with Gasteiger partial charge in [0.15, 0.2) is 5.96 Å². The van der Waals surface area contributed by atoms with Crippen LogP contribution in [0.25, 0.3) is 0 Å². The van der Waals surface area contributed by atoms with Crippen LogP contribution in [0.3, 0.4) is 0 Å². The Bertz CT molecular complexity index is 973. The monoisotopic (exact) mass is 539 g/mol. The van der Waals surface area contributed by atoms with Crippen LogP contribution in [-0.2, 0) is 30.4 Å². The van der Waals surface area contributed by atoms with Gasteiger partial charge in [-0.15, -0.1) is 0 Å². The average Bonchev–Trinajstić information content (AvgIpc) is 2.83. The van der Waals surface area contributed by atoms with Gasteiger partial charge in [-0.25, -0.2) is 4.79 Å². The molecule has 0 bridgehead atoms. The number of thiol groups is 1. The fraction of sp³-hybridized carbons (Fsp3) is 0.455. The fourth-order valence-electron chi connectivity index (χ4n) is 3.13. The Balaban J connectivity index is 3.00. The van der Waals surface area contributed by atoms with Crippen molar-refractivity contribution in [3.05, 3.63) is 35.9 Å². The molecule has 0 heterocycles. The largest absolute Gasteiger partial charge is 0.481 e. The minimum Gasteiger partial charge on any atom is -0.481 e. The molecule has 11 N–H and O–H groups in total. The third-order valence-corrected chi connectivity index (χ3v) is 5.39. The zero-order valence-electron chi connectivity index (χ0n) is 20.0. The molecule has 0 spiro atoms. The maximum Gasteiger partial charge on any atom is 0.327 e. The summed E-state index contributed by atoms with van der Waals surface area (Å²) in [7, 11) is 0. The molecule has 0 radical (unpaired) electrons. The third-order valence-electron chi connectivity index (χ3n) is 5.02. The number of nitrogens with two attached hydrogens (primary N) is 3. The number of aliphatic carboxylic acids is 2. The lowest BCUT2D eigenvalue weighted by Gasteiger charge is -2.24. The van der Waals surface area contributed by atoms with E-state index in [9.17, 15) is 29.1 Å². The van der Waals surface area contributed by atoms with E-state index in [1.54, 1.807) is 24.3 Å². The maximum absolute atomic E-state index is 13.0. The number of carbonyl (C=O) groups is 5. The number of nitrogens with one attached hydrogen (secondary N) is 3. The number of carboxylic acids is 2. The predicted octanol–water partition coefficient (Wildman–Crippen LogP) is -2.45. The van der Waals surface area contributed by atoms with E-state index in [1.165, 1.54) is 0 Å². The smallest absolute Gasteiger partial charge is 0.327 e. The van der Waals surface area contributed by atoms with E-state index >= 15 is 0 Å². The van der Waals surface area contributed by atoms with Crippen molar-refractivity contribution in [2.45, 2.75) is 49.9 Å². The molecule has 4 unspecified atom stereocenters. The number of aliphatic imine (C=N–C) groups is 1. The highest BCUT2D eigenvalue weighted by Gasteiger charge is 2.31. The molecule has 0 aliphatic heterocycles. The van der Waals surface area contributed by atoms with Crippen molar-refractivity contribution < 1.29 is 34.2 Å². The number of carbonyl (C=O) groups excluding carboxylic acids is 3. The predicted molar refractivity (Wildman–Crippen MR) is 138 cm³/mol. The number of hydrogen-bond donors (Lipinski definition) is 9. The number of hydrogen-bond acceptors (Lipinski definition) is 8. The van der Waals surface area contributed by atoms with Gasteiger partial charge in [-0.2, -0.15) is 12.6 Å². The van der Waals surface area contributed by atoms with Gasteiger partial charge in [-0.3, -0.25) is 24.2 Å². The summed E-state index contributed by atoms with van der Waals surface area (Å²) in [6, 6.07) is 3.72. The molecule has 37 heavy (non-hydrogen) atoms. The van der Waals surface area contributed by atoms with Crippen LogP contribution < -0.4 is 33.2 Å². The van der Waals surface area contributed by atoms with Gasteiger partial charge in [0.2, 0.25) is 17.7 Å². The van der Waals surface area contributed by atoms with Crippen molar-refractivity contribution in [1.82, 2.24) is 16.0 Å². The van der Waals surface area contributed by atoms with Crippen LogP contribution in [0.2, 0.25) is 0 Å². The molecule has 3 amide bonds. The molecule has 0 saturated carbocycles. The van der Waals surface area contributed by atoms with Gasteiger partial charge in [-0.1, -0.05) is 30.3 Å². The topological polar surface area (TPSA) is 252 Å². The first-order valence-electron chi connectivity index (χ1n) is 11.3. The lowest BCUT2D eigenvalue weighted by atomic mass is 10.0. The van der Waals surface area contributed by atoms with Crippen molar-refractivity contribution in [3.63, 3.8) is 0 Å². The first-order valence-corrected chi connectivity index (χ1v) is 11.9. The molecule has 1 aromatic carbocycles. The van der Waals surface area contributed by atoms with Gasteiger partial charge in [0, 0.05) is 12.3 Å². The lowest BCUT2D eigenvalue weighted by Crippen LogP contribution is -2.57. The van der Waals surface area contributed by atoms with Crippen LogP contribution in [0.15, 0.2) is 35.3 Å². The van der Waals surface area contributed by atoms with Gasteiger partial charge in [-0.05, 0) is 24.8 Å².